The topological polar surface area (TPSA) is 55.1 Å². The van der Waals surface area contributed by atoms with E-state index in [1.165, 1.54) is 0 Å². The summed E-state index contributed by atoms with van der Waals surface area (Å²) in [4.78, 5) is 11.4. The van der Waals surface area contributed by atoms with Crippen molar-refractivity contribution in [3.8, 4) is 0 Å². The first kappa shape index (κ1) is 10.7. The highest BCUT2D eigenvalue weighted by Gasteiger charge is 2.04. The molecule has 0 heterocycles. The van der Waals surface area contributed by atoms with E-state index in [0.29, 0.717) is 12.1 Å². The average molecular weight is 192 g/mol. The van der Waals surface area contributed by atoms with E-state index in [2.05, 4.69) is 5.32 Å². The molecule has 1 atom stereocenters. The third-order valence-electron chi connectivity index (χ3n) is 2.04. The number of nitrogens with two attached hydrogens (primary N) is 1. The van der Waals surface area contributed by atoms with Gasteiger partial charge in [0.1, 0.15) is 0 Å². The van der Waals surface area contributed by atoms with Crippen LogP contribution in [0.3, 0.4) is 0 Å². The van der Waals surface area contributed by atoms with Gasteiger partial charge in [0.25, 0.3) is 5.91 Å². The maximum absolute atomic E-state index is 11.4. The fourth-order valence-corrected chi connectivity index (χ4v) is 1.20. The summed E-state index contributed by atoms with van der Waals surface area (Å²) in [5, 5.41) is 2.74. The predicted octanol–water partition coefficient (Wildman–Crippen LogP) is 1.46. The van der Waals surface area contributed by atoms with E-state index in [1.54, 1.807) is 12.1 Å². The molecule has 0 fully saturated rings. The Morgan fingerprint density at radius 3 is 2.43 bits per heavy atom. The van der Waals surface area contributed by atoms with E-state index in [0.717, 1.165) is 5.56 Å². The van der Waals surface area contributed by atoms with Gasteiger partial charge in [-0.15, -0.1) is 0 Å². The molecule has 14 heavy (non-hydrogen) atoms. The lowest BCUT2D eigenvalue weighted by Crippen LogP contribution is -2.22. The molecule has 3 N–H and O–H groups in total. The molecule has 0 bridgehead atoms. The molecule has 0 aliphatic heterocycles. The van der Waals surface area contributed by atoms with Crippen LogP contribution in [0.25, 0.3) is 0 Å². The highest BCUT2D eigenvalue weighted by molar-refractivity contribution is 5.94. The second kappa shape index (κ2) is 4.77. The quantitative estimate of drug-likeness (QED) is 0.761. The summed E-state index contributed by atoms with van der Waals surface area (Å²) in [6, 6.07) is 7.37. The molecule has 3 heteroatoms. The SMILES string of the molecule is CCNC(=O)c1ccc(C(C)N)cc1. The van der Waals surface area contributed by atoms with Crippen molar-refractivity contribution in [1.82, 2.24) is 5.32 Å². The second-order valence-corrected chi connectivity index (χ2v) is 3.27. The first-order valence-corrected chi connectivity index (χ1v) is 4.79. The van der Waals surface area contributed by atoms with Crippen LogP contribution in [-0.2, 0) is 0 Å². The van der Waals surface area contributed by atoms with Crippen molar-refractivity contribution in [2.75, 3.05) is 6.54 Å². The van der Waals surface area contributed by atoms with Crippen molar-refractivity contribution in [3.63, 3.8) is 0 Å². The minimum atomic E-state index is -0.0382. The van der Waals surface area contributed by atoms with Crippen LogP contribution in [0.4, 0.5) is 0 Å². The lowest BCUT2D eigenvalue weighted by molar-refractivity contribution is 0.0956. The molecule has 1 aromatic rings. The zero-order valence-corrected chi connectivity index (χ0v) is 8.58. The molecular weight excluding hydrogens is 176 g/mol. The zero-order valence-electron chi connectivity index (χ0n) is 8.58. The Labute approximate surface area is 84.3 Å². The summed E-state index contributed by atoms with van der Waals surface area (Å²) in [5.74, 6) is -0.0382. The van der Waals surface area contributed by atoms with E-state index in [9.17, 15) is 4.79 Å². The van der Waals surface area contributed by atoms with Gasteiger partial charge in [-0.3, -0.25) is 4.79 Å². The fraction of sp³-hybridized carbons (Fsp3) is 0.364. The van der Waals surface area contributed by atoms with Crippen molar-refractivity contribution >= 4 is 5.91 Å². The standard InChI is InChI=1S/C11H16N2O/c1-3-13-11(14)10-6-4-9(5-7-10)8(2)12/h4-8H,3,12H2,1-2H3,(H,13,14). The highest BCUT2D eigenvalue weighted by atomic mass is 16.1. The minimum absolute atomic E-state index is 0.0123. The minimum Gasteiger partial charge on any atom is -0.352 e. The van der Waals surface area contributed by atoms with E-state index >= 15 is 0 Å². The lowest BCUT2D eigenvalue weighted by atomic mass is 10.1. The molecular formula is C11H16N2O. The Balaban J connectivity index is 2.78. The fourth-order valence-electron chi connectivity index (χ4n) is 1.20. The van der Waals surface area contributed by atoms with Crippen LogP contribution in [0.1, 0.15) is 35.8 Å². The predicted molar refractivity (Wildman–Crippen MR) is 57.1 cm³/mol. The van der Waals surface area contributed by atoms with Crippen LogP contribution in [0.5, 0.6) is 0 Å². The average Bonchev–Trinajstić information content (AvgIpc) is 2.18. The Hall–Kier alpha value is -1.35. The Kier molecular flexibility index (Phi) is 3.65. The van der Waals surface area contributed by atoms with E-state index in [-0.39, 0.29) is 11.9 Å². The zero-order chi connectivity index (χ0) is 10.6. The largest absolute Gasteiger partial charge is 0.352 e. The third kappa shape index (κ3) is 2.57. The second-order valence-electron chi connectivity index (χ2n) is 3.27. The normalized spacial score (nSPS) is 12.2. The molecule has 1 aromatic carbocycles. The molecule has 0 aliphatic carbocycles. The van der Waals surface area contributed by atoms with Crippen molar-refractivity contribution in [2.24, 2.45) is 5.73 Å². The van der Waals surface area contributed by atoms with Crippen molar-refractivity contribution in [3.05, 3.63) is 35.4 Å². The monoisotopic (exact) mass is 192 g/mol. The van der Waals surface area contributed by atoms with Gasteiger partial charge >= 0.3 is 0 Å². The summed E-state index contributed by atoms with van der Waals surface area (Å²) in [5.41, 5.74) is 7.41. The van der Waals surface area contributed by atoms with Crippen LogP contribution >= 0.6 is 0 Å². The summed E-state index contributed by atoms with van der Waals surface area (Å²) >= 11 is 0. The van der Waals surface area contributed by atoms with Crippen LogP contribution < -0.4 is 11.1 Å². The number of amides is 1. The van der Waals surface area contributed by atoms with Gasteiger partial charge in [0.2, 0.25) is 0 Å². The molecule has 0 radical (unpaired) electrons. The number of carbonyl (C=O) groups is 1. The van der Waals surface area contributed by atoms with Gasteiger partial charge in [-0.1, -0.05) is 12.1 Å². The van der Waals surface area contributed by atoms with E-state index in [4.69, 9.17) is 5.73 Å². The summed E-state index contributed by atoms with van der Waals surface area (Å²) in [6.07, 6.45) is 0. The van der Waals surface area contributed by atoms with Gasteiger partial charge in [0.05, 0.1) is 0 Å². The van der Waals surface area contributed by atoms with E-state index < -0.39 is 0 Å². The maximum atomic E-state index is 11.4. The van der Waals surface area contributed by atoms with Gasteiger partial charge < -0.3 is 11.1 Å². The maximum Gasteiger partial charge on any atom is 0.251 e. The molecule has 76 valence electrons. The number of nitrogens with one attached hydrogen (secondary N) is 1. The van der Waals surface area contributed by atoms with Gasteiger partial charge in [0, 0.05) is 18.2 Å². The number of rotatable bonds is 3. The van der Waals surface area contributed by atoms with Gasteiger partial charge in [-0.25, -0.2) is 0 Å². The Bertz CT molecular complexity index is 304. The molecule has 0 saturated heterocycles. The molecule has 0 aromatic heterocycles. The lowest BCUT2D eigenvalue weighted by Gasteiger charge is -2.06. The van der Waals surface area contributed by atoms with Crippen LogP contribution in [0, 0.1) is 0 Å². The Morgan fingerprint density at radius 2 is 2.00 bits per heavy atom. The number of benzene rings is 1. The molecule has 0 spiro atoms. The number of hydrogen-bond donors (Lipinski definition) is 2. The smallest absolute Gasteiger partial charge is 0.251 e. The van der Waals surface area contributed by atoms with Gasteiger partial charge in [0.15, 0.2) is 0 Å². The van der Waals surface area contributed by atoms with Crippen molar-refractivity contribution < 1.29 is 4.79 Å². The molecule has 1 amide bonds. The van der Waals surface area contributed by atoms with Crippen LogP contribution in [0.15, 0.2) is 24.3 Å². The molecule has 0 saturated carbocycles. The van der Waals surface area contributed by atoms with Crippen LogP contribution in [-0.4, -0.2) is 12.5 Å². The van der Waals surface area contributed by atoms with Gasteiger partial charge in [-0.05, 0) is 31.5 Å². The molecule has 0 aliphatic rings. The molecule has 1 unspecified atom stereocenters. The van der Waals surface area contributed by atoms with Crippen molar-refractivity contribution in [2.45, 2.75) is 19.9 Å². The molecule has 3 nitrogen and oxygen atoms in total. The summed E-state index contributed by atoms with van der Waals surface area (Å²) in [7, 11) is 0. The third-order valence-corrected chi connectivity index (χ3v) is 2.04. The first-order valence-electron chi connectivity index (χ1n) is 4.79. The summed E-state index contributed by atoms with van der Waals surface area (Å²) in [6.45, 7) is 4.46. The summed E-state index contributed by atoms with van der Waals surface area (Å²) < 4.78 is 0. The van der Waals surface area contributed by atoms with Crippen molar-refractivity contribution in [1.29, 1.82) is 0 Å². The number of hydrogen-bond acceptors (Lipinski definition) is 2. The van der Waals surface area contributed by atoms with Crippen LogP contribution in [0.2, 0.25) is 0 Å². The molecule has 1 rings (SSSR count). The Morgan fingerprint density at radius 1 is 1.43 bits per heavy atom. The first-order chi connectivity index (χ1) is 6.65. The van der Waals surface area contributed by atoms with Gasteiger partial charge in [-0.2, -0.15) is 0 Å². The highest BCUT2D eigenvalue weighted by Crippen LogP contribution is 2.10. The van der Waals surface area contributed by atoms with E-state index in [1.807, 2.05) is 26.0 Å². The number of carbonyl (C=O) groups excluding carboxylic acids is 1.